The number of hydrogen-bond acceptors (Lipinski definition) is 2. The van der Waals surface area contributed by atoms with Gasteiger partial charge in [-0.2, -0.15) is 0 Å². The number of carbonyl (C=O) groups excluding carboxylic acids is 1. The minimum atomic E-state index is 0.0744. The van der Waals surface area contributed by atoms with E-state index in [2.05, 4.69) is 17.6 Å². The molecule has 0 radical (unpaired) electrons. The zero-order valence-electron chi connectivity index (χ0n) is 7.73. The Morgan fingerprint density at radius 1 is 1.58 bits per heavy atom. The van der Waals surface area contributed by atoms with Gasteiger partial charge in [0, 0.05) is 6.54 Å². The van der Waals surface area contributed by atoms with Crippen molar-refractivity contribution in [3.05, 3.63) is 0 Å². The number of piperidine rings is 1. The minimum Gasteiger partial charge on any atom is -0.355 e. The zero-order valence-corrected chi connectivity index (χ0v) is 7.73. The zero-order chi connectivity index (χ0) is 8.81. The normalized spacial score (nSPS) is 23.6. The first kappa shape index (κ1) is 9.52. The van der Waals surface area contributed by atoms with Crippen LogP contribution in [0.3, 0.4) is 0 Å². The van der Waals surface area contributed by atoms with Crippen LogP contribution in [0.4, 0.5) is 0 Å². The molecule has 1 atom stereocenters. The molecule has 1 aliphatic heterocycles. The van der Waals surface area contributed by atoms with E-state index in [1.165, 1.54) is 12.8 Å². The summed E-state index contributed by atoms with van der Waals surface area (Å²) in [7, 11) is 0. The summed E-state index contributed by atoms with van der Waals surface area (Å²) >= 11 is 0. The highest BCUT2D eigenvalue weighted by molar-refractivity contribution is 5.81. The number of carbonyl (C=O) groups is 1. The van der Waals surface area contributed by atoms with Gasteiger partial charge in [0.2, 0.25) is 5.91 Å². The third kappa shape index (κ3) is 2.81. The summed E-state index contributed by atoms with van der Waals surface area (Å²) in [5.74, 6) is 0.177. The van der Waals surface area contributed by atoms with Gasteiger partial charge in [0.25, 0.3) is 0 Å². The van der Waals surface area contributed by atoms with Crippen LogP contribution in [0.5, 0.6) is 0 Å². The molecule has 0 aromatic carbocycles. The molecule has 3 heteroatoms. The average molecular weight is 170 g/mol. The Balaban J connectivity index is 2.20. The van der Waals surface area contributed by atoms with Crippen molar-refractivity contribution in [2.45, 2.75) is 38.6 Å². The number of nitrogens with one attached hydrogen (secondary N) is 2. The van der Waals surface area contributed by atoms with Crippen molar-refractivity contribution in [1.29, 1.82) is 0 Å². The lowest BCUT2D eigenvalue weighted by molar-refractivity contribution is -0.123. The van der Waals surface area contributed by atoms with E-state index >= 15 is 0 Å². The van der Waals surface area contributed by atoms with Gasteiger partial charge >= 0.3 is 0 Å². The number of rotatable bonds is 3. The Morgan fingerprint density at radius 3 is 3.00 bits per heavy atom. The van der Waals surface area contributed by atoms with E-state index in [-0.39, 0.29) is 11.9 Å². The first-order valence-electron chi connectivity index (χ1n) is 4.85. The molecule has 0 aliphatic carbocycles. The summed E-state index contributed by atoms with van der Waals surface area (Å²) in [6.07, 6.45) is 4.39. The lowest BCUT2D eigenvalue weighted by atomic mass is 10.0. The van der Waals surface area contributed by atoms with Gasteiger partial charge in [-0.25, -0.2) is 0 Å². The molecule has 1 amide bonds. The second kappa shape index (κ2) is 5.14. The van der Waals surface area contributed by atoms with Crippen LogP contribution >= 0.6 is 0 Å². The monoisotopic (exact) mass is 170 g/mol. The van der Waals surface area contributed by atoms with Gasteiger partial charge in [-0.3, -0.25) is 4.79 Å². The average Bonchev–Trinajstić information content (AvgIpc) is 2.15. The first-order chi connectivity index (χ1) is 5.84. The third-order valence-electron chi connectivity index (χ3n) is 2.18. The van der Waals surface area contributed by atoms with Crippen molar-refractivity contribution in [3.63, 3.8) is 0 Å². The van der Waals surface area contributed by atoms with Gasteiger partial charge in [0.15, 0.2) is 0 Å². The maximum Gasteiger partial charge on any atom is 0.237 e. The highest BCUT2D eigenvalue weighted by Gasteiger charge is 2.19. The number of hydrogen-bond donors (Lipinski definition) is 2. The Hall–Kier alpha value is -0.570. The second-order valence-corrected chi connectivity index (χ2v) is 3.29. The molecule has 0 bridgehead atoms. The molecular formula is C9H18N2O. The standard InChI is InChI=1S/C9H18N2O/c1-2-6-11-9(12)8-5-3-4-7-10-8/h8,10H,2-7H2,1H3,(H,11,12)/t8-/m0/s1. The maximum atomic E-state index is 11.4. The predicted molar refractivity (Wildman–Crippen MR) is 48.9 cm³/mol. The van der Waals surface area contributed by atoms with Crippen LogP contribution in [0, 0.1) is 0 Å². The van der Waals surface area contributed by atoms with Gasteiger partial charge in [-0.05, 0) is 25.8 Å². The predicted octanol–water partition coefficient (Wildman–Crippen LogP) is 0.655. The molecule has 2 N–H and O–H groups in total. The summed E-state index contributed by atoms with van der Waals surface area (Å²) in [4.78, 5) is 11.4. The van der Waals surface area contributed by atoms with Crippen LogP contribution in [-0.4, -0.2) is 25.0 Å². The molecule has 1 heterocycles. The molecule has 1 aliphatic rings. The molecule has 1 saturated heterocycles. The van der Waals surface area contributed by atoms with Crippen LogP contribution in [0.15, 0.2) is 0 Å². The van der Waals surface area contributed by atoms with Crippen molar-refractivity contribution in [3.8, 4) is 0 Å². The first-order valence-corrected chi connectivity index (χ1v) is 4.85. The molecule has 0 spiro atoms. The molecule has 70 valence electrons. The van der Waals surface area contributed by atoms with Crippen molar-refractivity contribution in [2.24, 2.45) is 0 Å². The van der Waals surface area contributed by atoms with Crippen molar-refractivity contribution >= 4 is 5.91 Å². The van der Waals surface area contributed by atoms with Crippen LogP contribution in [0.25, 0.3) is 0 Å². The summed E-state index contributed by atoms with van der Waals surface area (Å²) in [5.41, 5.74) is 0. The quantitative estimate of drug-likeness (QED) is 0.653. The van der Waals surface area contributed by atoms with Gasteiger partial charge < -0.3 is 10.6 Å². The van der Waals surface area contributed by atoms with Crippen LogP contribution in [-0.2, 0) is 4.79 Å². The fraction of sp³-hybridized carbons (Fsp3) is 0.889. The topological polar surface area (TPSA) is 41.1 Å². The summed E-state index contributed by atoms with van der Waals surface area (Å²) in [6.45, 7) is 3.86. The fourth-order valence-electron chi connectivity index (χ4n) is 1.45. The highest BCUT2D eigenvalue weighted by Crippen LogP contribution is 2.06. The van der Waals surface area contributed by atoms with Gasteiger partial charge in [-0.15, -0.1) is 0 Å². The van der Waals surface area contributed by atoms with Crippen LogP contribution in [0.2, 0.25) is 0 Å². The third-order valence-corrected chi connectivity index (χ3v) is 2.18. The van der Waals surface area contributed by atoms with E-state index < -0.39 is 0 Å². The molecular weight excluding hydrogens is 152 g/mol. The SMILES string of the molecule is CCCNC(=O)[C@@H]1CCCCN1. The molecule has 1 fully saturated rings. The lowest BCUT2D eigenvalue weighted by Gasteiger charge is -2.22. The molecule has 0 saturated carbocycles. The summed E-state index contributed by atoms with van der Waals surface area (Å²) < 4.78 is 0. The Kier molecular flexibility index (Phi) is 4.08. The van der Waals surface area contributed by atoms with Crippen LogP contribution in [0.1, 0.15) is 32.6 Å². The van der Waals surface area contributed by atoms with Crippen LogP contribution < -0.4 is 10.6 Å². The molecule has 1 rings (SSSR count). The smallest absolute Gasteiger partial charge is 0.237 e. The minimum absolute atomic E-state index is 0.0744. The highest BCUT2D eigenvalue weighted by atomic mass is 16.2. The van der Waals surface area contributed by atoms with Gasteiger partial charge in [-0.1, -0.05) is 13.3 Å². The Bertz CT molecular complexity index is 141. The van der Waals surface area contributed by atoms with Crippen molar-refractivity contribution < 1.29 is 4.79 Å². The largest absolute Gasteiger partial charge is 0.355 e. The summed E-state index contributed by atoms with van der Waals surface area (Å²) in [6, 6.07) is 0.0744. The van der Waals surface area contributed by atoms with E-state index in [9.17, 15) is 4.79 Å². The Labute approximate surface area is 73.9 Å². The fourth-order valence-corrected chi connectivity index (χ4v) is 1.45. The number of amides is 1. The molecule has 0 unspecified atom stereocenters. The van der Waals surface area contributed by atoms with E-state index in [0.717, 1.165) is 25.9 Å². The molecule has 3 nitrogen and oxygen atoms in total. The van der Waals surface area contributed by atoms with E-state index in [4.69, 9.17) is 0 Å². The van der Waals surface area contributed by atoms with Crippen molar-refractivity contribution in [1.82, 2.24) is 10.6 Å². The molecule has 0 aromatic rings. The summed E-state index contributed by atoms with van der Waals surface area (Å²) in [5, 5.41) is 6.12. The van der Waals surface area contributed by atoms with E-state index in [1.54, 1.807) is 0 Å². The second-order valence-electron chi connectivity index (χ2n) is 3.29. The maximum absolute atomic E-state index is 11.4. The molecule has 0 aromatic heterocycles. The lowest BCUT2D eigenvalue weighted by Crippen LogP contribution is -2.46. The Morgan fingerprint density at radius 2 is 2.42 bits per heavy atom. The van der Waals surface area contributed by atoms with Gasteiger partial charge in [0.1, 0.15) is 0 Å². The van der Waals surface area contributed by atoms with E-state index in [1.807, 2.05) is 0 Å². The van der Waals surface area contributed by atoms with Gasteiger partial charge in [0.05, 0.1) is 6.04 Å². The van der Waals surface area contributed by atoms with E-state index in [0.29, 0.717) is 0 Å². The molecule has 12 heavy (non-hydrogen) atoms. The van der Waals surface area contributed by atoms with Crippen molar-refractivity contribution in [2.75, 3.05) is 13.1 Å².